The Balaban J connectivity index is 1.52. The second-order valence-electron chi connectivity index (χ2n) is 9.56. The molecule has 4 aromatic rings. The zero-order valence-electron chi connectivity index (χ0n) is 18.6. The van der Waals surface area contributed by atoms with Gasteiger partial charge in [-0.25, -0.2) is 18.7 Å². The molecule has 0 aliphatic heterocycles. The summed E-state index contributed by atoms with van der Waals surface area (Å²) in [6, 6.07) is 10.6. The third-order valence-corrected chi connectivity index (χ3v) is 7.74. The van der Waals surface area contributed by atoms with E-state index in [1.54, 1.807) is 24.5 Å². The molecule has 1 saturated carbocycles. The van der Waals surface area contributed by atoms with Gasteiger partial charge in [-0.15, -0.1) is 5.10 Å². The quantitative estimate of drug-likeness (QED) is 0.479. The van der Waals surface area contributed by atoms with Gasteiger partial charge in [0.2, 0.25) is 5.56 Å². The standard InChI is InChI=1S/C26H21F2N5O/c1-25(2)16-8-10-26(25,20-9-11-29-24(31-20)14-6-7-21(34)30-13-14)23-15(16)12-19(32-33-23)22-17(27)4-3-5-18(22)28/h3-7,9,11-13,16H,8,10H2,1-2H3,(H,30,34)/t16-,26-/m0/s1. The van der Waals surface area contributed by atoms with Crippen LogP contribution >= 0.6 is 0 Å². The summed E-state index contributed by atoms with van der Waals surface area (Å²) >= 11 is 0. The van der Waals surface area contributed by atoms with Gasteiger partial charge in [0, 0.05) is 24.0 Å². The van der Waals surface area contributed by atoms with Crippen molar-refractivity contribution in [1.82, 2.24) is 25.1 Å². The number of H-pyrrole nitrogens is 1. The molecule has 1 aromatic carbocycles. The number of fused-ring (bicyclic) bond motifs is 5. The molecule has 0 saturated heterocycles. The maximum Gasteiger partial charge on any atom is 0.247 e. The first kappa shape index (κ1) is 20.8. The Bertz CT molecular complexity index is 1470. The normalized spacial score (nSPS) is 22.1. The van der Waals surface area contributed by atoms with Crippen LogP contribution < -0.4 is 5.56 Å². The first-order chi connectivity index (χ1) is 16.3. The number of nitrogens with zero attached hydrogens (tertiary/aromatic N) is 4. The monoisotopic (exact) mass is 457 g/mol. The van der Waals surface area contributed by atoms with E-state index in [4.69, 9.17) is 4.98 Å². The lowest BCUT2D eigenvalue weighted by molar-refractivity contribution is 0.243. The van der Waals surface area contributed by atoms with E-state index in [1.807, 2.05) is 6.07 Å². The Morgan fingerprint density at radius 3 is 2.59 bits per heavy atom. The van der Waals surface area contributed by atoms with Crippen molar-refractivity contribution in [3.8, 4) is 22.6 Å². The van der Waals surface area contributed by atoms with E-state index in [0.29, 0.717) is 11.4 Å². The second kappa shape index (κ2) is 7.09. The average molecular weight is 457 g/mol. The fraction of sp³-hybridized carbons (Fsp3) is 0.269. The molecule has 2 atom stereocenters. The molecule has 8 heteroatoms. The molecule has 0 radical (unpaired) electrons. The van der Waals surface area contributed by atoms with Crippen molar-refractivity contribution in [2.24, 2.45) is 5.41 Å². The molecule has 0 amide bonds. The van der Waals surface area contributed by atoms with Gasteiger partial charge in [-0.1, -0.05) is 19.9 Å². The van der Waals surface area contributed by atoms with E-state index in [-0.39, 0.29) is 28.1 Å². The van der Waals surface area contributed by atoms with Gasteiger partial charge < -0.3 is 4.98 Å². The lowest BCUT2D eigenvalue weighted by atomic mass is 9.66. The van der Waals surface area contributed by atoms with E-state index in [0.717, 1.165) is 29.8 Å². The van der Waals surface area contributed by atoms with Gasteiger partial charge in [-0.05, 0) is 60.1 Å². The van der Waals surface area contributed by atoms with Gasteiger partial charge in [0.1, 0.15) is 11.6 Å². The summed E-state index contributed by atoms with van der Waals surface area (Å²) in [5.74, 6) is -0.660. The molecule has 2 bridgehead atoms. The largest absolute Gasteiger partial charge is 0.328 e. The SMILES string of the molecule is CC1(C)[C@H]2CC[C@]1(c1ccnc(-c3ccc(=O)[nH]c3)n1)c1nnc(-c3c(F)cccc3F)cc12. The Hall–Kier alpha value is -3.81. The molecular formula is C26H21F2N5O. The number of halogens is 2. The highest BCUT2D eigenvalue weighted by Crippen LogP contribution is 2.69. The van der Waals surface area contributed by atoms with Gasteiger partial charge >= 0.3 is 0 Å². The van der Waals surface area contributed by atoms with Crippen molar-refractivity contribution in [3.05, 3.63) is 93.8 Å². The minimum atomic E-state index is -0.660. The zero-order chi connectivity index (χ0) is 23.7. The number of aromatic nitrogens is 5. The maximum atomic E-state index is 14.5. The minimum Gasteiger partial charge on any atom is -0.328 e. The topological polar surface area (TPSA) is 84.4 Å². The van der Waals surface area contributed by atoms with E-state index < -0.39 is 17.0 Å². The number of hydrogen-bond acceptors (Lipinski definition) is 5. The van der Waals surface area contributed by atoms with E-state index >= 15 is 0 Å². The Morgan fingerprint density at radius 2 is 1.85 bits per heavy atom. The van der Waals surface area contributed by atoms with E-state index in [9.17, 15) is 13.6 Å². The molecule has 1 fully saturated rings. The summed E-state index contributed by atoms with van der Waals surface area (Å²) < 4.78 is 28.9. The molecule has 2 aliphatic carbocycles. The van der Waals surface area contributed by atoms with Gasteiger partial charge in [0.25, 0.3) is 0 Å². The third-order valence-electron chi connectivity index (χ3n) is 7.74. The van der Waals surface area contributed by atoms with Crippen LogP contribution in [-0.4, -0.2) is 25.1 Å². The zero-order valence-corrected chi connectivity index (χ0v) is 18.6. The number of rotatable bonds is 3. The number of nitrogens with one attached hydrogen (secondary N) is 1. The van der Waals surface area contributed by atoms with Crippen molar-refractivity contribution in [1.29, 1.82) is 0 Å². The van der Waals surface area contributed by atoms with Crippen LogP contribution in [0.2, 0.25) is 0 Å². The lowest BCUT2D eigenvalue weighted by Crippen LogP contribution is -2.38. The summed E-state index contributed by atoms with van der Waals surface area (Å²) in [4.78, 5) is 23.5. The fourth-order valence-corrected chi connectivity index (χ4v) is 6.04. The van der Waals surface area contributed by atoms with Crippen LogP contribution in [0.15, 0.2) is 59.7 Å². The molecule has 34 heavy (non-hydrogen) atoms. The van der Waals surface area contributed by atoms with Crippen LogP contribution in [0.1, 0.15) is 49.6 Å². The van der Waals surface area contributed by atoms with E-state index in [2.05, 4.69) is 34.0 Å². The highest BCUT2D eigenvalue weighted by molar-refractivity contribution is 5.64. The highest BCUT2D eigenvalue weighted by Gasteiger charge is 2.65. The van der Waals surface area contributed by atoms with Crippen molar-refractivity contribution >= 4 is 0 Å². The molecule has 6 nitrogen and oxygen atoms in total. The van der Waals surface area contributed by atoms with Crippen LogP contribution in [0.3, 0.4) is 0 Å². The van der Waals surface area contributed by atoms with Crippen molar-refractivity contribution in [2.75, 3.05) is 0 Å². The smallest absolute Gasteiger partial charge is 0.247 e. The van der Waals surface area contributed by atoms with Crippen LogP contribution in [0.4, 0.5) is 8.78 Å². The molecular weight excluding hydrogens is 436 g/mol. The molecule has 3 aromatic heterocycles. The van der Waals surface area contributed by atoms with Gasteiger partial charge in [0.05, 0.1) is 28.1 Å². The molecule has 2 aliphatic rings. The summed E-state index contributed by atoms with van der Waals surface area (Å²) in [6.45, 7) is 4.38. The second-order valence-corrected chi connectivity index (χ2v) is 9.56. The fourth-order valence-electron chi connectivity index (χ4n) is 6.04. The van der Waals surface area contributed by atoms with Crippen LogP contribution in [0, 0.1) is 17.0 Å². The molecule has 6 rings (SSSR count). The molecule has 0 unspecified atom stereocenters. The maximum absolute atomic E-state index is 14.5. The van der Waals surface area contributed by atoms with Crippen LogP contribution in [0.5, 0.6) is 0 Å². The Morgan fingerprint density at radius 1 is 1.06 bits per heavy atom. The molecule has 0 spiro atoms. The summed E-state index contributed by atoms with van der Waals surface area (Å²) in [7, 11) is 0. The van der Waals surface area contributed by atoms with Gasteiger partial charge in [0.15, 0.2) is 5.82 Å². The molecule has 170 valence electrons. The lowest BCUT2D eigenvalue weighted by Gasteiger charge is -2.37. The molecule has 3 heterocycles. The molecule has 1 N–H and O–H groups in total. The van der Waals surface area contributed by atoms with Gasteiger partial charge in [-0.3, -0.25) is 4.79 Å². The highest BCUT2D eigenvalue weighted by atomic mass is 19.1. The third kappa shape index (κ3) is 2.68. The number of benzene rings is 1. The first-order valence-corrected chi connectivity index (χ1v) is 11.2. The minimum absolute atomic E-state index is 0.151. The summed E-state index contributed by atoms with van der Waals surface area (Å²) in [6.07, 6.45) is 5.06. The van der Waals surface area contributed by atoms with Crippen molar-refractivity contribution < 1.29 is 8.78 Å². The first-order valence-electron chi connectivity index (χ1n) is 11.2. The Kier molecular flexibility index (Phi) is 4.33. The number of aromatic amines is 1. The summed E-state index contributed by atoms with van der Waals surface area (Å²) in [5, 5.41) is 8.84. The number of pyridine rings is 1. The van der Waals surface area contributed by atoms with Crippen LogP contribution in [-0.2, 0) is 5.41 Å². The predicted octanol–water partition coefficient (Wildman–Crippen LogP) is 4.77. The average Bonchev–Trinajstić information content (AvgIpc) is 3.21. The van der Waals surface area contributed by atoms with E-state index in [1.165, 1.54) is 24.3 Å². The predicted molar refractivity (Wildman–Crippen MR) is 122 cm³/mol. The van der Waals surface area contributed by atoms with Gasteiger partial charge in [-0.2, -0.15) is 5.10 Å². The van der Waals surface area contributed by atoms with Crippen LogP contribution in [0.25, 0.3) is 22.6 Å². The van der Waals surface area contributed by atoms with Crippen molar-refractivity contribution in [3.63, 3.8) is 0 Å². The summed E-state index contributed by atoms with van der Waals surface area (Å²) in [5.41, 5.74) is 2.40. The number of hydrogen-bond donors (Lipinski definition) is 1. The van der Waals surface area contributed by atoms with Crippen molar-refractivity contribution in [2.45, 2.75) is 38.0 Å². The Labute approximate surface area is 194 Å².